The number of aromatic nitrogens is 1. The van der Waals surface area contributed by atoms with Crippen molar-refractivity contribution in [1.29, 1.82) is 0 Å². The zero-order valence-electron chi connectivity index (χ0n) is 22.2. The van der Waals surface area contributed by atoms with Gasteiger partial charge in [-0.15, -0.1) is 0 Å². The molecule has 0 aliphatic carbocycles. The molecule has 0 saturated carbocycles. The third-order valence-electron chi connectivity index (χ3n) is 6.18. The molecular weight excluding hydrogens is 504 g/mol. The second-order valence-electron chi connectivity index (χ2n) is 9.13. The van der Waals surface area contributed by atoms with Gasteiger partial charge in [-0.2, -0.15) is 0 Å². The summed E-state index contributed by atoms with van der Waals surface area (Å²) in [5, 5.41) is 0. The van der Waals surface area contributed by atoms with Crippen molar-refractivity contribution in [3.8, 4) is 11.5 Å². The minimum absolute atomic E-state index is 0.174. The molecule has 2 aromatic carbocycles. The van der Waals surface area contributed by atoms with E-state index in [0.717, 1.165) is 5.56 Å². The number of fused-ring (bicyclic) bond motifs is 1. The molecule has 1 atom stereocenters. The summed E-state index contributed by atoms with van der Waals surface area (Å²) in [6.07, 6.45) is 1.83. The molecular formula is C29H30N2O6S. The van der Waals surface area contributed by atoms with Crippen LogP contribution >= 0.6 is 11.3 Å². The van der Waals surface area contributed by atoms with Gasteiger partial charge >= 0.3 is 11.9 Å². The molecule has 1 unspecified atom stereocenters. The lowest BCUT2D eigenvalue weighted by molar-refractivity contribution is -0.139. The molecule has 1 aliphatic rings. The first-order chi connectivity index (χ1) is 18.1. The van der Waals surface area contributed by atoms with Gasteiger partial charge in [0.15, 0.2) is 16.3 Å². The maximum atomic E-state index is 13.8. The molecule has 3 aromatic rings. The van der Waals surface area contributed by atoms with Gasteiger partial charge in [0.05, 0.1) is 35.6 Å². The second-order valence-corrected chi connectivity index (χ2v) is 10.1. The van der Waals surface area contributed by atoms with Crippen LogP contribution in [0.2, 0.25) is 0 Å². The minimum Gasteiger partial charge on any atom is -0.493 e. The highest BCUT2D eigenvalue weighted by atomic mass is 32.1. The number of carbonyl (C=O) groups is 2. The number of hydrogen-bond acceptors (Lipinski definition) is 8. The summed E-state index contributed by atoms with van der Waals surface area (Å²) in [6, 6.07) is 12.2. The third kappa shape index (κ3) is 5.33. The molecule has 0 spiro atoms. The van der Waals surface area contributed by atoms with E-state index in [0.29, 0.717) is 32.3 Å². The molecule has 0 bridgehead atoms. The van der Waals surface area contributed by atoms with E-state index in [4.69, 9.17) is 14.2 Å². The summed E-state index contributed by atoms with van der Waals surface area (Å²) in [5.41, 5.74) is 3.14. The predicted octanol–water partition coefficient (Wildman–Crippen LogP) is 3.86. The highest BCUT2D eigenvalue weighted by Gasteiger charge is 2.34. The van der Waals surface area contributed by atoms with Gasteiger partial charge < -0.3 is 14.2 Å². The Morgan fingerprint density at radius 1 is 1.13 bits per heavy atom. The highest BCUT2D eigenvalue weighted by molar-refractivity contribution is 7.07. The molecule has 0 fully saturated rings. The summed E-state index contributed by atoms with van der Waals surface area (Å²) >= 11 is 1.26. The Morgan fingerprint density at radius 3 is 2.45 bits per heavy atom. The first kappa shape index (κ1) is 27.1. The van der Waals surface area contributed by atoms with Crippen LogP contribution in [0.5, 0.6) is 11.5 Å². The highest BCUT2D eigenvalue weighted by Crippen LogP contribution is 2.36. The van der Waals surface area contributed by atoms with E-state index in [2.05, 4.69) is 31.0 Å². The van der Waals surface area contributed by atoms with Crippen LogP contribution in [0.4, 0.5) is 0 Å². The average Bonchev–Trinajstić information content (AvgIpc) is 3.17. The minimum atomic E-state index is -0.809. The third-order valence-corrected chi connectivity index (χ3v) is 7.16. The summed E-state index contributed by atoms with van der Waals surface area (Å²) in [5.74, 6) is -0.112. The summed E-state index contributed by atoms with van der Waals surface area (Å²) in [7, 11) is 1.45. The van der Waals surface area contributed by atoms with Crippen molar-refractivity contribution in [2.24, 2.45) is 4.99 Å². The molecule has 38 heavy (non-hydrogen) atoms. The Kier molecular flexibility index (Phi) is 7.97. The molecule has 0 amide bonds. The number of ether oxygens (including phenoxy) is 3. The molecule has 1 aromatic heterocycles. The van der Waals surface area contributed by atoms with E-state index in [1.807, 2.05) is 18.2 Å². The number of hydrogen-bond donors (Lipinski definition) is 0. The van der Waals surface area contributed by atoms with Gasteiger partial charge in [-0.3, -0.25) is 14.2 Å². The first-order valence-electron chi connectivity index (χ1n) is 12.3. The largest absolute Gasteiger partial charge is 0.493 e. The Bertz CT molecular complexity index is 1600. The summed E-state index contributed by atoms with van der Waals surface area (Å²) in [6.45, 7) is 9.18. The number of allylic oxidation sites excluding steroid dienone is 1. The second kappa shape index (κ2) is 11.2. The van der Waals surface area contributed by atoms with Crippen molar-refractivity contribution in [3.05, 3.63) is 90.1 Å². The zero-order chi connectivity index (χ0) is 27.6. The van der Waals surface area contributed by atoms with Crippen LogP contribution in [-0.2, 0) is 14.3 Å². The Hall–Kier alpha value is -3.98. The van der Waals surface area contributed by atoms with Gasteiger partial charge in [0.2, 0.25) is 0 Å². The number of methoxy groups -OCH3 is 1. The van der Waals surface area contributed by atoms with E-state index in [1.54, 1.807) is 32.0 Å². The fourth-order valence-corrected chi connectivity index (χ4v) is 5.38. The topological polar surface area (TPSA) is 96.2 Å². The monoisotopic (exact) mass is 534 g/mol. The standard InChI is InChI=1S/C29H30N2O6S/c1-7-36-28(34)25-17(4)30-29-31(26(25)21-12-13-22(37-18(5)32)23(15-21)35-6)27(33)24(38-29)14-19-8-10-20(11-9-19)16(2)3/h8-16,26H,7H2,1-6H3/b24-14+. The normalized spacial score (nSPS) is 15.2. The zero-order valence-corrected chi connectivity index (χ0v) is 23.0. The number of esters is 2. The van der Waals surface area contributed by atoms with Crippen molar-refractivity contribution in [2.75, 3.05) is 13.7 Å². The number of rotatable bonds is 7. The molecule has 8 nitrogen and oxygen atoms in total. The summed E-state index contributed by atoms with van der Waals surface area (Å²) in [4.78, 5) is 43.5. The van der Waals surface area contributed by atoms with E-state index in [1.165, 1.54) is 35.5 Å². The van der Waals surface area contributed by atoms with Crippen molar-refractivity contribution in [3.63, 3.8) is 0 Å². The van der Waals surface area contributed by atoms with Crippen molar-refractivity contribution >= 4 is 29.4 Å². The van der Waals surface area contributed by atoms with Gasteiger partial charge in [-0.25, -0.2) is 9.79 Å². The molecule has 0 radical (unpaired) electrons. The Morgan fingerprint density at radius 2 is 1.84 bits per heavy atom. The van der Waals surface area contributed by atoms with Gasteiger partial charge in [-0.1, -0.05) is 55.5 Å². The fraction of sp³-hybridized carbons (Fsp3) is 0.310. The Labute approximate surface area is 224 Å². The molecule has 2 heterocycles. The van der Waals surface area contributed by atoms with Crippen LogP contribution in [0.25, 0.3) is 6.08 Å². The lowest BCUT2D eigenvalue weighted by Gasteiger charge is -2.25. The van der Waals surface area contributed by atoms with Gasteiger partial charge in [0.25, 0.3) is 5.56 Å². The number of benzene rings is 2. The Balaban J connectivity index is 1.91. The molecule has 4 rings (SSSR count). The smallest absolute Gasteiger partial charge is 0.338 e. The molecule has 0 N–H and O–H groups in total. The number of thiazole rings is 1. The maximum absolute atomic E-state index is 13.8. The van der Waals surface area contributed by atoms with E-state index >= 15 is 0 Å². The van der Waals surface area contributed by atoms with Gasteiger partial charge in [0, 0.05) is 6.92 Å². The van der Waals surface area contributed by atoms with E-state index < -0.39 is 18.0 Å². The van der Waals surface area contributed by atoms with Crippen LogP contribution in [0.3, 0.4) is 0 Å². The molecule has 9 heteroatoms. The maximum Gasteiger partial charge on any atom is 0.338 e. The van der Waals surface area contributed by atoms with Crippen LogP contribution in [0.1, 0.15) is 63.3 Å². The van der Waals surface area contributed by atoms with Crippen LogP contribution in [0.15, 0.2) is 63.5 Å². The molecule has 198 valence electrons. The molecule has 0 saturated heterocycles. The van der Waals surface area contributed by atoms with Crippen molar-refractivity contribution in [2.45, 2.75) is 46.6 Å². The lowest BCUT2D eigenvalue weighted by atomic mass is 9.95. The van der Waals surface area contributed by atoms with Crippen LogP contribution in [-0.4, -0.2) is 30.2 Å². The predicted molar refractivity (Wildman–Crippen MR) is 145 cm³/mol. The van der Waals surface area contributed by atoms with E-state index in [9.17, 15) is 14.4 Å². The fourth-order valence-electron chi connectivity index (χ4n) is 4.33. The van der Waals surface area contributed by atoms with Crippen LogP contribution < -0.4 is 24.4 Å². The first-order valence-corrected chi connectivity index (χ1v) is 13.1. The molecule has 1 aliphatic heterocycles. The number of carbonyl (C=O) groups excluding carboxylic acids is 2. The SMILES string of the molecule is CCOC(=O)C1=C(C)N=c2s/c(=C/c3ccc(C(C)C)cc3)c(=O)n2C1c1ccc(OC(C)=O)c(OC)c1. The number of nitrogens with zero attached hydrogens (tertiary/aromatic N) is 2. The van der Waals surface area contributed by atoms with Crippen molar-refractivity contribution < 1.29 is 23.8 Å². The summed E-state index contributed by atoms with van der Waals surface area (Å²) < 4.78 is 18.0. The van der Waals surface area contributed by atoms with Gasteiger partial charge in [0.1, 0.15) is 0 Å². The lowest BCUT2D eigenvalue weighted by Crippen LogP contribution is -2.40. The van der Waals surface area contributed by atoms with Crippen molar-refractivity contribution in [1.82, 2.24) is 4.57 Å². The van der Waals surface area contributed by atoms with E-state index in [-0.39, 0.29) is 23.5 Å². The van der Waals surface area contributed by atoms with Crippen LogP contribution in [0, 0.1) is 0 Å². The quantitative estimate of drug-likeness (QED) is 0.338. The average molecular weight is 535 g/mol. The van der Waals surface area contributed by atoms with Gasteiger partial charge in [-0.05, 0) is 54.7 Å².